The molecule has 0 saturated carbocycles. The van der Waals surface area contributed by atoms with Crippen LogP contribution in [-0.2, 0) is 4.79 Å². The zero-order valence-corrected chi connectivity index (χ0v) is 20.9. The SMILES string of the molecule is COc1ccc(-c2ccc(N3CCN(C(=O)C(C)Oc4cc(C)cc(C)c4)CC3)nn2)cc1OC. The molecule has 1 amide bonds. The first-order valence-electron chi connectivity index (χ1n) is 11.7. The standard InChI is InChI=1S/C27H32N4O4/c1-18-14-19(2)16-22(15-18)35-20(3)27(32)31-12-10-30(11-13-31)26-9-7-23(28-29-26)21-6-8-24(33-4)25(17-21)34-5/h6-9,14-17,20H,10-13H2,1-5H3. The summed E-state index contributed by atoms with van der Waals surface area (Å²) in [5.74, 6) is 2.83. The molecule has 1 aliphatic rings. The number of benzene rings is 2. The van der Waals surface area contributed by atoms with Gasteiger partial charge in [-0.05, 0) is 74.4 Å². The Labute approximate surface area is 206 Å². The van der Waals surface area contributed by atoms with E-state index in [-0.39, 0.29) is 5.91 Å². The van der Waals surface area contributed by atoms with Gasteiger partial charge < -0.3 is 24.0 Å². The van der Waals surface area contributed by atoms with Crippen LogP contribution >= 0.6 is 0 Å². The van der Waals surface area contributed by atoms with E-state index in [1.807, 2.05) is 68.1 Å². The highest BCUT2D eigenvalue weighted by Crippen LogP contribution is 2.31. The molecule has 0 aliphatic carbocycles. The highest BCUT2D eigenvalue weighted by atomic mass is 16.5. The maximum Gasteiger partial charge on any atom is 0.263 e. The lowest BCUT2D eigenvalue weighted by Crippen LogP contribution is -2.52. The Bertz CT molecular complexity index is 1150. The first-order valence-corrected chi connectivity index (χ1v) is 11.7. The Morgan fingerprint density at radius 2 is 1.54 bits per heavy atom. The second-order valence-electron chi connectivity index (χ2n) is 8.74. The lowest BCUT2D eigenvalue weighted by Gasteiger charge is -2.36. The van der Waals surface area contributed by atoms with Crippen molar-refractivity contribution >= 4 is 11.7 Å². The molecule has 8 nitrogen and oxygen atoms in total. The summed E-state index contributed by atoms with van der Waals surface area (Å²) in [4.78, 5) is 17.0. The van der Waals surface area contributed by atoms with Crippen molar-refractivity contribution in [2.24, 2.45) is 0 Å². The van der Waals surface area contributed by atoms with Gasteiger partial charge in [0.1, 0.15) is 5.75 Å². The summed E-state index contributed by atoms with van der Waals surface area (Å²) in [6.45, 7) is 8.45. The lowest BCUT2D eigenvalue weighted by atomic mass is 10.1. The quantitative estimate of drug-likeness (QED) is 0.512. The number of hydrogen-bond donors (Lipinski definition) is 0. The van der Waals surface area contributed by atoms with Crippen molar-refractivity contribution in [3.63, 3.8) is 0 Å². The molecule has 2 heterocycles. The van der Waals surface area contributed by atoms with E-state index in [0.717, 1.165) is 34.0 Å². The predicted molar refractivity (Wildman–Crippen MR) is 135 cm³/mol. The summed E-state index contributed by atoms with van der Waals surface area (Å²) in [5, 5.41) is 8.84. The Balaban J connectivity index is 1.35. The molecule has 0 bridgehead atoms. The van der Waals surface area contributed by atoms with E-state index in [2.05, 4.69) is 21.2 Å². The summed E-state index contributed by atoms with van der Waals surface area (Å²) in [5.41, 5.74) is 3.88. The van der Waals surface area contributed by atoms with Crippen molar-refractivity contribution < 1.29 is 19.0 Å². The minimum Gasteiger partial charge on any atom is -0.493 e. The van der Waals surface area contributed by atoms with Crippen molar-refractivity contribution in [2.45, 2.75) is 26.9 Å². The maximum atomic E-state index is 13.0. The normalized spacial score (nSPS) is 14.4. The highest BCUT2D eigenvalue weighted by Gasteiger charge is 2.27. The van der Waals surface area contributed by atoms with Gasteiger partial charge in [0.15, 0.2) is 23.4 Å². The third-order valence-electron chi connectivity index (χ3n) is 6.10. The van der Waals surface area contributed by atoms with Crippen molar-refractivity contribution in [1.82, 2.24) is 15.1 Å². The van der Waals surface area contributed by atoms with E-state index < -0.39 is 6.10 Å². The van der Waals surface area contributed by atoms with Gasteiger partial charge >= 0.3 is 0 Å². The number of carbonyl (C=O) groups excluding carboxylic acids is 1. The van der Waals surface area contributed by atoms with Crippen LogP contribution < -0.4 is 19.1 Å². The molecule has 184 valence electrons. The van der Waals surface area contributed by atoms with E-state index in [4.69, 9.17) is 14.2 Å². The van der Waals surface area contributed by atoms with Crippen LogP contribution in [0.25, 0.3) is 11.3 Å². The van der Waals surface area contributed by atoms with Gasteiger partial charge in [0.2, 0.25) is 0 Å². The minimum absolute atomic E-state index is 0.00121. The molecule has 1 aromatic heterocycles. The molecule has 1 saturated heterocycles. The first-order chi connectivity index (χ1) is 16.9. The fourth-order valence-corrected chi connectivity index (χ4v) is 4.31. The summed E-state index contributed by atoms with van der Waals surface area (Å²) in [6, 6.07) is 15.6. The van der Waals surface area contributed by atoms with Crippen LogP contribution in [0.3, 0.4) is 0 Å². The van der Waals surface area contributed by atoms with Crippen molar-refractivity contribution in [2.75, 3.05) is 45.3 Å². The number of anilines is 1. The number of ether oxygens (including phenoxy) is 3. The largest absolute Gasteiger partial charge is 0.493 e. The summed E-state index contributed by atoms with van der Waals surface area (Å²) in [7, 11) is 3.22. The van der Waals surface area contributed by atoms with Crippen molar-refractivity contribution in [3.8, 4) is 28.5 Å². The molecule has 35 heavy (non-hydrogen) atoms. The summed E-state index contributed by atoms with van der Waals surface area (Å²) < 4.78 is 16.6. The average Bonchev–Trinajstić information content (AvgIpc) is 2.87. The molecule has 2 aromatic carbocycles. The second-order valence-corrected chi connectivity index (χ2v) is 8.74. The van der Waals surface area contributed by atoms with Crippen LogP contribution in [0.4, 0.5) is 5.82 Å². The summed E-state index contributed by atoms with van der Waals surface area (Å²) in [6.07, 6.45) is -0.539. The molecular formula is C27H32N4O4. The molecular weight excluding hydrogens is 444 g/mol. The number of amides is 1. The fraction of sp³-hybridized carbons (Fsp3) is 0.370. The number of hydrogen-bond acceptors (Lipinski definition) is 7. The van der Waals surface area contributed by atoms with Gasteiger partial charge in [0.25, 0.3) is 5.91 Å². The Morgan fingerprint density at radius 3 is 2.14 bits per heavy atom. The molecule has 1 atom stereocenters. The van der Waals surface area contributed by atoms with Crippen LogP contribution in [0.15, 0.2) is 48.5 Å². The van der Waals surface area contributed by atoms with Gasteiger partial charge in [-0.25, -0.2) is 0 Å². The van der Waals surface area contributed by atoms with Gasteiger partial charge in [0.05, 0.1) is 19.9 Å². The van der Waals surface area contributed by atoms with E-state index in [9.17, 15) is 4.79 Å². The number of aromatic nitrogens is 2. The topological polar surface area (TPSA) is 77.0 Å². The smallest absolute Gasteiger partial charge is 0.263 e. The molecule has 1 fully saturated rings. The number of nitrogens with zero attached hydrogens (tertiary/aromatic N) is 4. The predicted octanol–water partition coefficient (Wildman–Crippen LogP) is 3.89. The first kappa shape index (κ1) is 24.3. The lowest BCUT2D eigenvalue weighted by molar-refractivity contribution is -0.138. The molecule has 0 spiro atoms. The van der Waals surface area contributed by atoms with Crippen LogP contribution in [0.5, 0.6) is 17.2 Å². The molecule has 1 unspecified atom stereocenters. The van der Waals surface area contributed by atoms with Gasteiger partial charge in [0, 0.05) is 31.7 Å². The minimum atomic E-state index is -0.539. The van der Waals surface area contributed by atoms with Crippen LogP contribution in [0.1, 0.15) is 18.1 Å². The summed E-state index contributed by atoms with van der Waals surface area (Å²) >= 11 is 0. The third-order valence-corrected chi connectivity index (χ3v) is 6.10. The van der Waals surface area contributed by atoms with E-state index in [1.54, 1.807) is 14.2 Å². The van der Waals surface area contributed by atoms with E-state index in [1.165, 1.54) is 0 Å². The Hall–Kier alpha value is -3.81. The molecule has 4 rings (SSSR count). The second kappa shape index (κ2) is 10.6. The number of methoxy groups -OCH3 is 2. The fourth-order valence-electron chi connectivity index (χ4n) is 4.31. The molecule has 0 N–H and O–H groups in total. The van der Waals surface area contributed by atoms with Crippen molar-refractivity contribution in [3.05, 3.63) is 59.7 Å². The molecule has 1 aliphatic heterocycles. The monoisotopic (exact) mass is 476 g/mol. The Kier molecular flexibility index (Phi) is 7.39. The van der Waals surface area contributed by atoms with Gasteiger partial charge in [-0.3, -0.25) is 4.79 Å². The molecule has 3 aromatic rings. The van der Waals surface area contributed by atoms with Crippen LogP contribution in [0.2, 0.25) is 0 Å². The van der Waals surface area contributed by atoms with Crippen LogP contribution in [0, 0.1) is 13.8 Å². The number of piperazine rings is 1. The Morgan fingerprint density at radius 1 is 0.857 bits per heavy atom. The zero-order chi connectivity index (χ0) is 24.9. The van der Waals surface area contributed by atoms with Gasteiger partial charge in [-0.2, -0.15) is 0 Å². The van der Waals surface area contributed by atoms with Gasteiger partial charge in [-0.1, -0.05) is 6.07 Å². The number of rotatable bonds is 7. The van der Waals surface area contributed by atoms with Gasteiger partial charge in [-0.15, -0.1) is 10.2 Å². The van der Waals surface area contributed by atoms with Crippen LogP contribution in [-0.4, -0.2) is 67.5 Å². The molecule has 8 heteroatoms. The van der Waals surface area contributed by atoms with E-state index in [0.29, 0.717) is 37.7 Å². The zero-order valence-electron chi connectivity index (χ0n) is 20.9. The number of aryl methyl sites for hydroxylation is 2. The third kappa shape index (κ3) is 5.65. The molecule has 0 radical (unpaired) electrons. The number of carbonyl (C=O) groups is 1. The average molecular weight is 477 g/mol. The highest BCUT2D eigenvalue weighted by molar-refractivity contribution is 5.81. The maximum absolute atomic E-state index is 13.0. The van der Waals surface area contributed by atoms with Crippen molar-refractivity contribution in [1.29, 1.82) is 0 Å². The van der Waals surface area contributed by atoms with E-state index >= 15 is 0 Å².